The quantitative estimate of drug-likeness (QED) is 0.165. The van der Waals surface area contributed by atoms with Crippen LogP contribution in [0.15, 0.2) is 12.2 Å². The van der Waals surface area contributed by atoms with E-state index in [2.05, 4.69) is 19.1 Å². The van der Waals surface area contributed by atoms with Crippen molar-refractivity contribution in [2.24, 2.45) is 0 Å². The third kappa shape index (κ3) is 14.8. The summed E-state index contributed by atoms with van der Waals surface area (Å²) in [6.45, 7) is 9.11. The predicted octanol–water partition coefficient (Wildman–Crippen LogP) is 7.12. The lowest BCUT2D eigenvalue weighted by Gasteiger charge is -2.36. The second-order valence-corrected chi connectivity index (χ2v) is 8.88. The number of hydrogen-bond acceptors (Lipinski definition) is 3. The summed E-state index contributed by atoms with van der Waals surface area (Å²) in [5, 5.41) is 10.0. The molecule has 3 nitrogen and oxygen atoms in total. The van der Waals surface area contributed by atoms with Gasteiger partial charge in [-0.15, -0.1) is 0 Å². The maximum Gasteiger partial charge on any atom is 0.306 e. The number of hydrogen-bond donors (Lipinski definition) is 1. The molecular formula is C24H46O3. The molecule has 27 heavy (non-hydrogen) atoms. The molecule has 3 heteroatoms. The zero-order valence-corrected chi connectivity index (χ0v) is 18.8. The first-order valence-electron chi connectivity index (χ1n) is 11.3. The fourth-order valence-electron chi connectivity index (χ4n) is 2.80. The molecule has 0 aromatic carbocycles. The van der Waals surface area contributed by atoms with E-state index in [1.807, 2.05) is 0 Å². The fourth-order valence-corrected chi connectivity index (χ4v) is 2.80. The number of ether oxygens (including phenoxy) is 1. The second kappa shape index (κ2) is 15.1. The number of unbranched alkanes of at least 4 members (excludes halogenated alkanes) is 11. The maximum atomic E-state index is 11.9. The van der Waals surface area contributed by atoms with E-state index >= 15 is 0 Å². The SMILES string of the molecule is CCCCCCCCC=CCCCCCCCC(=O)OC(C)(C)C(C)(C)O. The number of carbonyl (C=O) groups excluding carboxylic acids is 1. The molecule has 0 aliphatic carbocycles. The molecule has 0 heterocycles. The van der Waals surface area contributed by atoms with Crippen LogP contribution in [0.2, 0.25) is 0 Å². The van der Waals surface area contributed by atoms with Crippen LogP contribution < -0.4 is 0 Å². The Bertz CT molecular complexity index is 391. The monoisotopic (exact) mass is 382 g/mol. The van der Waals surface area contributed by atoms with Gasteiger partial charge in [0.05, 0.1) is 5.60 Å². The van der Waals surface area contributed by atoms with Gasteiger partial charge in [0.1, 0.15) is 5.60 Å². The summed E-state index contributed by atoms with van der Waals surface area (Å²) in [7, 11) is 0. The van der Waals surface area contributed by atoms with Crippen molar-refractivity contribution >= 4 is 5.97 Å². The van der Waals surface area contributed by atoms with Gasteiger partial charge in [0, 0.05) is 6.42 Å². The molecule has 1 N–H and O–H groups in total. The van der Waals surface area contributed by atoms with Gasteiger partial charge in [-0.2, -0.15) is 0 Å². The summed E-state index contributed by atoms with van der Waals surface area (Å²) in [5.74, 6) is -0.209. The van der Waals surface area contributed by atoms with E-state index in [1.54, 1.807) is 27.7 Å². The zero-order chi connectivity index (χ0) is 20.6. The van der Waals surface area contributed by atoms with E-state index in [0.29, 0.717) is 6.42 Å². The van der Waals surface area contributed by atoms with E-state index in [1.165, 1.54) is 70.6 Å². The highest BCUT2D eigenvalue weighted by molar-refractivity contribution is 5.69. The number of allylic oxidation sites excluding steroid dienone is 2. The van der Waals surface area contributed by atoms with Crippen LogP contribution in [0, 0.1) is 0 Å². The van der Waals surface area contributed by atoms with Crippen molar-refractivity contribution in [1.29, 1.82) is 0 Å². The van der Waals surface area contributed by atoms with E-state index in [-0.39, 0.29) is 5.97 Å². The van der Waals surface area contributed by atoms with Crippen molar-refractivity contribution in [3.05, 3.63) is 12.2 Å². The van der Waals surface area contributed by atoms with Gasteiger partial charge >= 0.3 is 5.97 Å². The average Bonchev–Trinajstić information content (AvgIpc) is 2.57. The molecule has 0 aromatic rings. The Morgan fingerprint density at radius 3 is 1.70 bits per heavy atom. The lowest BCUT2D eigenvalue weighted by molar-refractivity contribution is -0.180. The number of rotatable bonds is 17. The first-order chi connectivity index (χ1) is 12.7. The Balaban J connectivity index is 3.47. The Kier molecular flexibility index (Phi) is 14.7. The highest BCUT2D eigenvalue weighted by atomic mass is 16.6. The topological polar surface area (TPSA) is 46.5 Å². The Morgan fingerprint density at radius 2 is 1.22 bits per heavy atom. The third-order valence-corrected chi connectivity index (χ3v) is 5.49. The van der Waals surface area contributed by atoms with Crippen LogP contribution in [0.1, 0.15) is 125 Å². The summed E-state index contributed by atoms with van der Waals surface area (Å²) in [4.78, 5) is 11.9. The van der Waals surface area contributed by atoms with Gasteiger partial charge in [-0.3, -0.25) is 4.79 Å². The highest BCUT2D eigenvalue weighted by Gasteiger charge is 2.38. The van der Waals surface area contributed by atoms with Crippen LogP contribution in [0.25, 0.3) is 0 Å². The molecule has 0 saturated carbocycles. The van der Waals surface area contributed by atoms with Crippen LogP contribution >= 0.6 is 0 Å². The van der Waals surface area contributed by atoms with Gasteiger partial charge < -0.3 is 9.84 Å². The predicted molar refractivity (Wildman–Crippen MR) is 116 cm³/mol. The standard InChI is InChI=1S/C24H46O3/c1-6-7-8-9-10-11-12-13-14-15-16-17-18-19-20-21-22(25)27-24(4,5)23(2,3)26/h13-14,26H,6-12,15-21H2,1-5H3. The first kappa shape index (κ1) is 26.2. The summed E-state index contributed by atoms with van der Waals surface area (Å²) < 4.78 is 5.42. The molecule has 0 saturated heterocycles. The largest absolute Gasteiger partial charge is 0.457 e. The number of aliphatic hydroxyl groups is 1. The summed E-state index contributed by atoms with van der Waals surface area (Å²) in [6, 6.07) is 0. The van der Waals surface area contributed by atoms with Gasteiger partial charge in [0.25, 0.3) is 0 Å². The summed E-state index contributed by atoms with van der Waals surface area (Å²) in [6.07, 6.45) is 21.3. The van der Waals surface area contributed by atoms with E-state index in [4.69, 9.17) is 4.74 Å². The van der Waals surface area contributed by atoms with Crippen LogP contribution in [-0.4, -0.2) is 22.3 Å². The lowest BCUT2D eigenvalue weighted by atomic mass is 9.89. The molecule has 0 aliphatic rings. The molecule has 0 unspecified atom stereocenters. The Hall–Kier alpha value is -0.830. The van der Waals surface area contributed by atoms with Crippen LogP contribution in [0.4, 0.5) is 0 Å². The minimum atomic E-state index is -1.04. The molecule has 160 valence electrons. The molecule has 0 amide bonds. The van der Waals surface area contributed by atoms with Crippen LogP contribution in [0.5, 0.6) is 0 Å². The molecular weight excluding hydrogens is 336 g/mol. The summed E-state index contributed by atoms with van der Waals surface area (Å²) in [5.41, 5.74) is -1.89. The normalized spacial score (nSPS) is 12.7. The minimum absolute atomic E-state index is 0.209. The second-order valence-electron chi connectivity index (χ2n) is 8.88. The summed E-state index contributed by atoms with van der Waals surface area (Å²) >= 11 is 0. The van der Waals surface area contributed by atoms with Gasteiger partial charge in [-0.25, -0.2) is 0 Å². The third-order valence-electron chi connectivity index (χ3n) is 5.49. The fraction of sp³-hybridized carbons (Fsp3) is 0.875. The van der Waals surface area contributed by atoms with E-state index < -0.39 is 11.2 Å². The maximum absolute atomic E-state index is 11.9. The first-order valence-corrected chi connectivity index (χ1v) is 11.3. The molecule has 0 bridgehead atoms. The minimum Gasteiger partial charge on any atom is -0.457 e. The Morgan fingerprint density at radius 1 is 0.778 bits per heavy atom. The number of carbonyl (C=O) groups is 1. The molecule has 0 radical (unpaired) electrons. The Labute approximate surface area is 169 Å². The molecule has 0 aliphatic heterocycles. The van der Waals surface area contributed by atoms with Gasteiger partial charge in [-0.1, -0.05) is 70.4 Å². The van der Waals surface area contributed by atoms with E-state index in [0.717, 1.165) is 12.8 Å². The smallest absolute Gasteiger partial charge is 0.306 e. The van der Waals surface area contributed by atoms with Crippen molar-refractivity contribution in [1.82, 2.24) is 0 Å². The van der Waals surface area contributed by atoms with E-state index in [9.17, 15) is 9.90 Å². The van der Waals surface area contributed by atoms with Crippen molar-refractivity contribution < 1.29 is 14.6 Å². The van der Waals surface area contributed by atoms with Crippen molar-refractivity contribution in [3.63, 3.8) is 0 Å². The van der Waals surface area contributed by atoms with Crippen molar-refractivity contribution in [3.8, 4) is 0 Å². The van der Waals surface area contributed by atoms with Crippen LogP contribution in [-0.2, 0) is 9.53 Å². The molecule has 0 spiro atoms. The number of esters is 1. The zero-order valence-electron chi connectivity index (χ0n) is 18.8. The van der Waals surface area contributed by atoms with Gasteiger partial charge in [0.2, 0.25) is 0 Å². The molecule has 0 rings (SSSR count). The highest BCUT2D eigenvalue weighted by Crippen LogP contribution is 2.25. The molecule has 0 atom stereocenters. The molecule has 0 fully saturated rings. The molecule has 0 aromatic heterocycles. The van der Waals surface area contributed by atoms with Crippen molar-refractivity contribution in [2.75, 3.05) is 0 Å². The average molecular weight is 383 g/mol. The van der Waals surface area contributed by atoms with Gasteiger partial charge in [0.15, 0.2) is 0 Å². The lowest BCUT2D eigenvalue weighted by Crippen LogP contribution is -2.48. The van der Waals surface area contributed by atoms with Crippen molar-refractivity contribution in [2.45, 2.75) is 136 Å². The van der Waals surface area contributed by atoms with Gasteiger partial charge in [-0.05, 0) is 59.8 Å². The van der Waals surface area contributed by atoms with Crippen LogP contribution in [0.3, 0.4) is 0 Å².